The monoisotopic (exact) mass is 786 g/mol. The van der Waals surface area contributed by atoms with Gasteiger partial charge in [-0.25, -0.2) is 0 Å². The first-order chi connectivity index (χ1) is 26.7. The van der Waals surface area contributed by atoms with E-state index >= 15 is 0 Å². The summed E-state index contributed by atoms with van der Waals surface area (Å²) in [5.74, 6) is -0.724. The molecule has 0 bridgehead atoms. The number of allylic oxidation sites excluding steroid dienone is 4. The topological polar surface area (TPSA) is 189 Å². The summed E-state index contributed by atoms with van der Waals surface area (Å²) in [6.07, 6.45) is 25.2. The van der Waals surface area contributed by atoms with Crippen LogP contribution >= 0.6 is 0 Å². The fourth-order valence-corrected chi connectivity index (χ4v) is 6.96. The summed E-state index contributed by atoms with van der Waals surface area (Å²) in [5.41, 5.74) is 0. The van der Waals surface area contributed by atoms with Gasteiger partial charge in [0.15, 0.2) is 6.29 Å². The second-order valence-corrected chi connectivity index (χ2v) is 15.8. The van der Waals surface area contributed by atoms with E-state index in [9.17, 15) is 40.5 Å². The van der Waals surface area contributed by atoms with Gasteiger partial charge in [-0.15, -0.1) is 0 Å². The third-order valence-corrected chi connectivity index (χ3v) is 10.7. The molecule has 0 aromatic carbocycles. The number of carbonyl (C=O) groups is 1. The predicted molar refractivity (Wildman–Crippen MR) is 219 cm³/mol. The van der Waals surface area contributed by atoms with E-state index in [1.54, 1.807) is 0 Å². The summed E-state index contributed by atoms with van der Waals surface area (Å²) >= 11 is 0. The Balaban J connectivity index is 2.52. The van der Waals surface area contributed by atoms with Crippen molar-refractivity contribution in [3.05, 3.63) is 24.3 Å². The van der Waals surface area contributed by atoms with Gasteiger partial charge in [-0.3, -0.25) is 4.79 Å². The number of nitrogens with one attached hydrogen (secondary N) is 1. The molecule has 11 heteroatoms. The van der Waals surface area contributed by atoms with Crippen LogP contribution in [0.2, 0.25) is 0 Å². The molecule has 11 nitrogen and oxygen atoms in total. The van der Waals surface area contributed by atoms with Crippen molar-refractivity contribution in [1.82, 2.24) is 5.32 Å². The Morgan fingerprint density at radius 1 is 0.618 bits per heavy atom. The first-order valence-corrected chi connectivity index (χ1v) is 22.2. The van der Waals surface area contributed by atoms with Crippen LogP contribution in [0.5, 0.6) is 0 Å². The van der Waals surface area contributed by atoms with Gasteiger partial charge in [0.1, 0.15) is 36.6 Å². The third-order valence-electron chi connectivity index (χ3n) is 10.7. The Hall–Kier alpha value is -1.41. The van der Waals surface area contributed by atoms with Crippen LogP contribution in [0.4, 0.5) is 0 Å². The molecule has 0 aliphatic carbocycles. The molecule has 1 amide bonds. The number of hydrogen-bond donors (Lipinski definition) is 8. The minimum Gasteiger partial charge on any atom is -0.394 e. The lowest BCUT2D eigenvalue weighted by atomic mass is 9.98. The maximum Gasteiger partial charge on any atom is 0.249 e. The SMILES string of the molecule is CCCCCCCC/C=C\CCCCC(O)C(=O)NC(COC1OC(CO)C(O)C(O)C1O)C(O)C(O)CCC/C=C/CCCCCCCCCCCCC. The molecular weight excluding hydrogens is 702 g/mol. The lowest BCUT2D eigenvalue weighted by molar-refractivity contribution is -0.303. The molecule has 0 spiro atoms. The van der Waals surface area contributed by atoms with Gasteiger partial charge >= 0.3 is 0 Å². The van der Waals surface area contributed by atoms with Crippen molar-refractivity contribution in [1.29, 1.82) is 0 Å². The number of carbonyl (C=O) groups excluding carboxylic acids is 1. The van der Waals surface area contributed by atoms with Crippen LogP contribution < -0.4 is 5.32 Å². The highest BCUT2D eigenvalue weighted by molar-refractivity contribution is 5.80. The zero-order chi connectivity index (χ0) is 40.5. The third kappa shape index (κ3) is 24.9. The number of aliphatic hydroxyl groups excluding tert-OH is 7. The van der Waals surface area contributed by atoms with E-state index in [-0.39, 0.29) is 12.8 Å². The second kappa shape index (κ2) is 34.6. The molecule has 8 N–H and O–H groups in total. The van der Waals surface area contributed by atoms with Gasteiger partial charge in [0.25, 0.3) is 0 Å². The molecule has 0 saturated carbocycles. The Bertz CT molecular complexity index is 950. The molecule has 1 heterocycles. The summed E-state index contributed by atoms with van der Waals surface area (Å²) in [5, 5.41) is 75.4. The highest BCUT2D eigenvalue weighted by atomic mass is 16.7. The molecule has 1 aliphatic rings. The van der Waals surface area contributed by atoms with Crippen LogP contribution in [-0.2, 0) is 14.3 Å². The smallest absolute Gasteiger partial charge is 0.249 e. The fourth-order valence-electron chi connectivity index (χ4n) is 6.96. The van der Waals surface area contributed by atoms with E-state index < -0.39 is 74.2 Å². The van der Waals surface area contributed by atoms with Gasteiger partial charge < -0.3 is 50.5 Å². The highest BCUT2D eigenvalue weighted by Gasteiger charge is 2.44. The summed E-state index contributed by atoms with van der Waals surface area (Å²) in [6.45, 7) is 3.38. The first-order valence-electron chi connectivity index (χ1n) is 22.2. The van der Waals surface area contributed by atoms with Crippen LogP contribution in [0.3, 0.4) is 0 Å². The van der Waals surface area contributed by atoms with Crippen molar-refractivity contribution in [3.8, 4) is 0 Å². The van der Waals surface area contributed by atoms with Gasteiger partial charge in [-0.05, 0) is 64.2 Å². The Kier molecular flexibility index (Phi) is 32.5. The average Bonchev–Trinajstić information content (AvgIpc) is 3.18. The van der Waals surface area contributed by atoms with Crippen molar-refractivity contribution in [2.75, 3.05) is 13.2 Å². The predicted octanol–water partition coefficient (Wildman–Crippen LogP) is 6.67. The van der Waals surface area contributed by atoms with E-state index in [4.69, 9.17) is 9.47 Å². The first kappa shape index (κ1) is 51.6. The molecule has 0 aromatic heterocycles. The minimum absolute atomic E-state index is 0.224. The number of ether oxygens (including phenoxy) is 2. The molecule has 1 aliphatic heterocycles. The lowest BCUT2D eigenvalue weighted by Crippen LogP contribution is -2.60. The van der Waals surface area contributed by atoms with Crippen molar-refractivity contribution in [3.63, 3.8) is 0 Å². The molecule has 55 heavy (non-hydrogen) atoms. The largest absolute Gasteiger partial charge is 0.394 e. The molecular formula is C44H83NO10. The average molecular weight is 786 g/mol. The number of amides is 1. The molecule has 9 atom stereocenters. The van der Waals surface area contributed by atoms with Crippen LogP contribution in [0.15, 0.2) is 24.3 Å². The highest BCUT2D eigenvalue weighted by Crippen LogP contribution is 2.23. The Labute approximate surface area is 334 Å². The zero-order valence-electron chi connectivity index (χ0n) is 34.7. The standard InChI is InChI=1S/C44H83NO10/c1-3-5-7-9-11-13-15-17-18-19-20-22-23-25-27-29-31-36(47)39(49)35(34-54-44-42(52)41(51)40(50)38(33-46)55-44)45-43(53)37(48)32-30-28-26-24-21-16-14-12-10-8-6-4-2/h21,23-25,35-42,44,46-52H,3-20,22,26-34H2,1-2H3,(H,45,53)/b24-21-,25-23+. The number of hydrogen-bond acceptors (Lipinski definition) is 10. The Morgan fingerprint density at radius 3 is 1.56 bits per heavy atom. The van der Waals surface area contributed by atoms with Crippen LogP contribution in [0.25, 0.3) is 0 Å². The van der Waals surface area contributed by atoms with Gasteiger partial charge in [0, 0.05) is 0 Å². The second-order valence-electron chi connectivity index (χ2n) is 15.8. The van der Waals surface area contributed by atoms with Crippen molar-refractivity contribution < 1.29 is 50.0 Å². The van der Waals surface area contributed by atoms with Gasteiger partial charge in [0.2, 0.25) is 5.91 Å². The maximum absolute atomic E-state index is 13.0. The van der Waals surface area contributed by atoms with Crippen molar-refractivity contribution >= 4 is 5.91 Å². The van der Waals surface area contributed by atoms with E-state index in [1.807, 2.05) is 0 Å². The van der Waals surface area contributed by atoms with Gasteiger partial charge in [-0.2, -0.15) is 0 Å². The molecule has 9 unspecified atom stereocenters. The molecule has 1 rings (SSSR count). The van der Waals surface area contributed by atoms with Crippen LogP contribution in [0.1, 0.15) is 181 Å². The van der Waals surface area contributed by atoms with E-state index in [2.05, 4.69) is 43.5 Å². The van der Waals surface area contributed by atoms with Crippen molar-refractivity contribution in [2.24, 2.45) is 0 Å². The summed E-state index contributed by atoms with van der Waals surface area (Å²) < 4.78 is 11.0. The molecule has 1 saturated heterocycles. The minimum atomic E-state index is -1.67. The number of unbranched alkanes of at least 4 members (excludes halogenated alkanes) is 20. The normalized spacial score (nSPS) is 22.7. The maximum atomic E-state index is 13.0. The molecule has 1 fully saturated rings. The summed E-state index contributed by atoms with van der Waals surface area (Å²) in [6, 6.07) is -1.19. The number of rotatable bonds is 36. The van der Waals surface area contributed by atoms with E-state index in [1.165, 1.54) is 103 Å². The van der Waals surface area contributed by atoms with E-state index in [0.29, 0.717) is 12.8 Å². The summed E-state index contributed by atoms with van der Waals surface area (Å²) in [7, 11) is 0. The summed E-state index contributed by atoms with van der Waals surface area (Å²) in [4.78, 5) is 13.0. The van der Waals surface area contributed by atoms with Crippen molar-refractivity contribution in [2.45, 2.75) is 236 Å². The Morgan fingerprint density at radius 2 is 1.07 bits per heavy atom. The van der Waals surface area contributed by atoms with E-state index in [0.717, 1.165) is 38.5 Å². The number of aliphatic hydroxyl groups is 7. The van der Waals surface area contributed by atoms with Gasteiger partial charge in [-0.1, -0.05) is 141 Å². The zero-order valence-corrected chi connectivity index (χ0v) is 34.7. The van der Waals surface area contributed by atoms with Crippen LogP contribution in [0, 0.1) is 0 Å². The molecule has 324 valence electrons. The van der Waals surface area contributed by atoms with Gasteiger partial charge in [0.05, 0.1) is 25.4 Å². The molecule has 0 aromatic rings. The van der Waals surface area contributed by atoms with Crippen LogP contribution in [-0.4, -0.2) is 110 Å². The fraction of sp³-hybridized carbons (Fsp3) is 0.886. The quantitative estimate of drug-likeness (QED) is 0.0252. The lowest BCUT2D eigenvalue weighted by Gasteiger charge is -2.40. The molecule has 0 radical (unpaired) electrons.